The summed E-state index contributed by atoms with van der Waals surface area (Å²) in [7, 11) is 1.54. The molecule has 7 heteroatoms. The standard InChI is InChI=1S/C17H14Cl2N2O3/c1-24-14-8-3-2-6-11(14)20-12-9-15(22)21(17(12)23)13-7-4-5-10(18)16(13)19/h2-8,12,20H,9H2,1H3. The van der Waals surface area contributed by atoms with Crippen LogP contribution in [0, 0.1) is 0 Å². The average Bonchev–Trinajstić information content (AvgIpc) is 2.85. The number of benzene rings is 2. The Bertz CT molecular complexity index is 810. The zero-order valence-electron chi connectivity index (χ0n) is 12.8. The zero-order chi connectivity index (χ0) is 17.3. The van der Waals surface area contributed by atoms with Crippen molar-refractivity contribution in [2.75, 3.05) is 17.3 Å². The van der Waals surface area contributed by atoms with E-state index < -0.39 is 6.04 Å². The fourth-order valence-corrected chi connectivity index (χ4v) is 2.99. The summed E-state index contributed by atoms with van der Waals surface area (Å²) in [6, 6.07) is 11.3. The Morgan fingerprint density at radius 1 is 1.12 bits per heavy atom. The quantitative estimate of drug-likeness (QED) is 0.839. The van der Waals surface area contributed by atoms with Crippen molar-refractivity contribution in [1.29, 1.82) is 0 Å². The number of halogens is 2. The van der Waals surface area contributed by atoms with Gasteiger partial charge in [-0.2, -0.15) is 0 Å². The lowest BCUT2D eigenvalue weighted by molar-refractivity contribution is -0.121. The first kappa shape index (κ1) is 16.6. The molecule has 2 aromatic rings. The van der Waals surface area contributed by atoms with E-state index in [2.05, 4.69) is 5.32 Å². The molecular weight excluding hydrogens is 351 g/mol. The second kappa shape index (κ2) is 6.71. The molecule has 0 aromatic heterocycles. The van der Waals surface area contributed by atoms with Gasteiger partial charge >= 0.3 is 0 Å². The molecule has 1 aliphatic rings. The van der Waals surface area contributed by atoms with Crippen LogP contribution >= 0.6 is 23.2 Å². The van der Waals surface area contributed by atoms with Gasteiger partial charge in [0.05, 0.1) is 35.0 Å². The number of ether oxygens (including phenoxy) is 1. The van der Waals surface area contributed by atoms with Gasteiger partial charge < -0.3 is 10.1 Å². The third-order valence-corrected chi connectivity index (χ3v) is 4.56. The van der Waals surface area contributed by atoms with Crippen molar-refractivity contribution in [2.45, 2.75) is 12.5 Å². The number of nitrogens with one attached hydrogen (secondary N) is 1. The Labute approximate surface area is 149 Å². The number of para-hydroxylation sites is 2. The molecule has 1 heterocycles. The van der Waals surface area contributed by atoms with Gasteiger partial charge in [0.2, 0.25) is 5.91 Å². The SMILES string of the molecule is COc1ccccc1NC1CC(=O)N(c2cccc(Cl)c2Cl)C1=O. The van der Waals surface area contributed by atoms with Gasteiger partial charge in [-0.05, 0) is 24.3 Å². The molecule has 0 radical (unpaired) electrons. The Kier molecular flexibility index (Phi) is 4.64. The maximum Gasteiger partial charge on any atom is 0.256 e. The van der Waals surface area contributed by atoms with E-state index in [1.165, 1.54) is 0 Å². The third-order valence-electron chi connectivity index (χ3n) is 3.76. The number of methoxy groups -OCH3 is 1. The van der Waals surface area contributed by atoms with Crippen LogP contribution in [0.4, 0.5) is 11.4 Å². The molecule has 1 N–H and O–H groups in total. The zero-order valence-corrected chi connectivity index (χ0v) is 14.3. The molecule has 1 fully saturated rings. The van der Waals surface area contributed by atoms with E-state index in [-0.39, 0.29) is 28.3 Å². The van der Waals surface area contributed by atoms with E-state index in [0.717, 1.165) is 4.90 Å². The van der Waals surface area contributed by atoms with E-state index in [4.69, 9.17) is 27.9 Å². The highest BCUT2D eigenvalue weighted by atomic mass is 35.5. The van der Waals surface area contributed by atoms with Gasteiger partial charge in [-0.3, -0.25) is 9.59 Å². The van der Waals surface area contributed by atoms with Crippen LogP contribution in [-0.2, 0) is 9.59 Å². The van der Waals surface area contributed by atoms with E-state index in [1.807, 2.05) is 12.1 Å². The average molecular weight is 365 g/mol. The first-order chi connectivity index (χ1) is 11.5. The molecule has 1 atom stereocenters. The Hall–Kier alpha value is -2.24. The van der Waals surface area contributed by atoms with Crippen LogP contribution in [0.25, 0.3) is 0 Å². The minimum atomic E-state index is -0.691. The van der Waals surface area contributed by atoms with Crippen LogP contribution in [0.3, 0.4) is 0 Å². The maximum absolute atomic E-state index is 12.7. The number of anilines is 2. The second-order valence-electron chi connectivity index (χ2n) is 5.24. The Morgan fingerprint density at radius 3 is 2.62 bits per heavy atom. The molecule has 1 saturated heterocycles. The normalized spacial score (nSPS) is 17.3. The van der Waals surface area contributed by atoms with Crippen LogP contribution in [0.2, 0.25) is 10.0 Å². The fourth-order valence-electron chi connectivity index (χ4n) is 2.61. The molecule has 0 bridgehead atoms. The molecule has 2 amide bonds. The lowest BCUT2D eigenvalue weighted by Crippen LogP contribution is -2.35. The number of hydrogen-bond acceptors (Lipinski definition) is 4. The summed E-state index contributed by atoms with van der Waals surface area (Å²) >= 11 is 12.1. The first-order valence-electron chi connectivity index (χ1n) is 7.23. The summed E-state index contributed by atoms with van der Waals surface area (Å²) in [5.74, 6) is -0.122. The van der Waals surface area contributed by atoms with Crippen molar-refractivity contribution in [3.8, 4) is 5.75 Å². The summed E-state index contributed by atoms with van der Waals surface area (Å²) in [6.07, 6.45) is 0.0275. The minimum absolute atomic E-state index is 0.0275. The maximum atomic E-state index is 12.7. The molecule has 2 aromatic carbocycles. The van der Waals surface area contributed by atoms with Crippen molar-refractivity contribution in [1.82, 2.24) is 0 Å². The van der Waals surface area contributed by atoms with E-state index in [0.29, 0.717) is 17.1 Å². The molecule has 1 unspecified atom stereocenters. The molecule has 5 nitrogen and oxygen atoms in total. The predicted octanol–water partition coefficient (Wildman–Crippen LogP) is 3.75. The van der Waals surface area contributed by atoms with Crippen molar-refractivity contribution in [2.24, 2.45) is 0 Å². The lowest BCUT2D eigenvalue weighted by Gasteiger charge is -2.18. The van der Waals surface area contributed by atoms with Crippen LogP contribution in [0.5, 0.6) is 5.75 Å². The molecule has 0 spiro atoms. The van der Waals surface area contributed by atoms with Gasteiger partial charge in [-0.15, -0.1) is 0 Å². The summed E-state index contributed by atoms with van der Waals surface area (Å²) in [5, 5.41) is 3.53. The van der Waals surface area contributed by atoms with E-state index >= 15 is 0 Å². The number of nitrogens with zero attached hydrogens (tertiary/aromatic N) is 1. The highest BCUT2D eigenvalue weighted by Crippen LogP contribution is 2.36. The van der Waals surface area contributed by atoms with E-state index in [1.54, 1.807) is 37.4 Å². The van der Waals surface area contributed by atoms with Gasteiger partial charge in [0.15, 0.2) is 0 Å². The van der Waals surface area contributed by atoms with Crippen LogP contribution in [0.15, 0.2) is 42.5 Å². The third kappa shape index (κ3) is 2.92. The number of rotatable bonds is 4. The van der Waals surface area contributed by atoms with Crippen LogP contribution in [-0.4, -0.2) is 25.0 Å². The van der Waals surface area contributed by atoms with Crippen molar-refractivity contribution >= 4 is 46.4 Å². The van der Waals surface area contributed by atoms with Crippen molar-refractivity contribution in [3.63, 3.8) is 0 Å². The molecule has 1 aliphatic heterocycles. The summed E-state index contributed by atoms with van der Waals surface area (Å²) in [4.78, 5) is 26.1. The molecule has 124 valence electrons. The van der Waals surface area contributed by atoms with Gasteiger partial charge in [0.1, 0.15) is 11.8 Å². The first-order valence-corrected chi connectivity index (χ1v) is 7.99. The molecular formula is C17H14Cl2N2O3. The van der Waals surface area contributed by atoms with Gasteiger partial charge in [0.25, 0.3) is 5.91 Å². The topological polar surface area (TPSA) is 58.6 Å². The number of carbonyl (C=O) groups excluding carboxylic acids is 2. The number of amides is 2. The minimum Gasteiger partial charge on any atom is -0.495 e. The largest absolute Gasteiger partial charge is 0.495 e. The number of hydrogen-bond donors (Lipinski definition) is 1. The summed E-state index contributed by atoms with van der Waals surface area (Å²) in [6.45, 7) is 0. The lowest BCUT2D eigenvalue weighted by atomic mass is 10.2. The highest BCUT2D eigenvalue weighted by molar-refractivity contribution is 6.45. The fraction of sp³-hybridized carbons (Fsp3) is 0.176. The number of imide groups is 1. The van der Waals surface area contributed by atoms with Crippen LogP contribution < -0.4 is 15.0 Å². The molecule has 0 aliphatic carbocycles. The molecule has 3 rings (SSSR count). The summed E-state index contributed by atoms with van der Waals surface area (Å²) < 4.78 is 5.25. The molecule has 0 saturated carbocycles. The number of carbonyl (C=O) groups is 2. The smallest absolute Gasteiger partial charge is 0.256 e. The molecule has 24 heavy (non-hydrogen) atoms. The van der Waals surface area contributed by atoms with E-state index in [9.17, 15) is 9.59 Å². The Balaban J connectivity index is 1.88. The van der Waals surface area contributed by atoms with Gasteiger partial charge in [-0.25, -0.2) is 4.90 Å². The second-order valence-corrected chi connectivity index (χ2v) is 6.03. The van der Waals surface area contributed by atoms with Gasteiger partial charge in [-0.1, -0.05) is 41.4 Å². The van der Waals surface area contributed by atoms with Gasteiger partial charge in [0, 0.05) is 0 Å². The van der Waals surface area contributed by atoms with Crippen molar-refractivity contribution in [3.05, 3.63) is 52.5 Å². The van der Waals surface area contributed by atoms with Crippen molar-refractivity contribution < 1.29 is 14.3 Å². The monoisotopic (exact) mass is 364 g/mol. The van der Waals surface area contributed by atoms with Crippen LogP contribution in [0.1, 0.15) is 6.42 Å². The highest BCUT2D eigenvalue weighted by Gasteiger charge is 2.40. The Morgan fingerprint density at radius 2 is 1.88 bits per heavy atom. The predicted molar refractivity (Wildman–Crippen MR) is 94.0 cm³/mol. The summed E-state index contributed by atoms with van der Waals surface area (Å²) in [5.41, 5.74) is 0.939.